The minimum atomic E-state index is -4.00. The molecule has 1 amide bonds. The van der Waals surface area contributed by atoms with Crippen LogP contribution in [0.2, 0.25) is 18.1 Å². The Morgan fingerprint density at radius 2 is 1.74 bits per heavy atom. The molecule has 0 unspecified atom stereocenters. The van der Waals surface area contributed by atoms with Crippen LogP contribution in [0.4, 0.5) is 16.2 Å². The number of nitro groups is 1. The molecule has 234 valence electrons. The first kappa shape index (κ1) is 32.4. The average Bonchev–Trinajstić information content (AvgIpc) is 3.47. The largest absolute Gasteiger partial charge is 0.444 e. The molecular weight excluding hydrogens is 591 g/mol. The van der Waals surface area contributed by atoms with Crippen molar-refractivity contribution in [2.24, 2.45) is 0 Å². The van der Waals surface area contributed by atoms with Gasteiger partial charge in [0.25, 0.3) is 10.0 Å². The van der Waals surface area contributed by atoms with Gasteiger partial charge in [-0.15, -0.1) is 0 Å². The molecule has 0 aliphatic heterocycles. The van der Waals surface area contributed by atoms with E-state index in [0.717, 1.165) is 10.2 Å². The lowest BCUT2D eigenvalue weighted by Crippen LogP contribution is -2.50. The summed E-state index contributed by atoms with van der Waals surface area (Å²) in [6.45, 7) is 16.0. The van der Waals surface area contributed by atoms with Crippen molar-refractivity contribution >= 4 is 46.8 Å². The zero-order valence-corrected chi connectivity index (χ0v) is 27.7. The molecule has 43 heavy (non-hydrogen) atoms. The van der Waals surface area contributed by atoms with Crippen molar-refractivity contribution in [1.29, 1.82) is 0 Å². The monoisotopic (exact) mass is 631 g/mol. The van der Waals surface area contributed by atoms with E-state index in [-0.39, 0.29) is 39.1 Å². The van der Waals surface area contributed by atoms with Gasteiger partial charge in [0.05, 0.1) is 27.4 Å². The van der Waals surface area contributed by atoms with Crippen LogP contribution in [0.1, 0.15) is 54.4 Å². The highest BCUT2D eigenvalue weighted by Crippen LogP contribution is 2.41. The van der Waals surface area contributed by atoms with Gasteiger partial charge in [0, 0.05) is 12.2 Å². The molecule has 0 saturated heterocycles. The second-order valence-electron chi connectivity index (χ2n) is 13.4. The lowest BCUT2D eigenvalue weighted by molar-refractivity contribution is -0.384. The standard InChI is InChI=1S/C29H41N5O7SSi/c1-28(2,3)40-27(35)32-22-16-19(17-24(22)41-43(7,8)29(4,5)6)31-25-21-14-15-33(26(21)30-18-23(25)34(36)37)42(38,39)20-12-10-9-11-13-20/h9-15,18-19,22,24H,16-17H2,1-8H3,(H,30,31)(H,32,35)/t19-,22-,24+/m0/s1. The molecule has 1 aromatic carbocycles. The van der Waals surface area contributed by atoms with E-state index in [1.807, 2.05) is 0 Å². The highest BCUT2D eigenvalue weighted by Gasteiger charge is 2.45. The number of nitrogens with one attached hydrogen (secondary N) is 2. The number of rotatable bonds is 8. The van der Waals surface area contributed by atoms with E-state index in [9.17, 15) is 23.3 Å². The van der Waals surface area contributed by atoms with Gasteiger partial charge in [-0.05, 0) is 69.9 Å². The lowest BCUT2D eigenvalue weighted by atomic mass is 10.2. The van der Waals surface area contributed by atoms with Gasteiger partial charge in [-0.1, -0.05) is 39.0 Å². The third-order valence-corrected chi connectivity index (χ3v) is 14.1. The molecular formula is C29H41N5O7SSi. The highest BCUT2D eigenvalue weighted by atomic mass is 32.2. The number of alkyl carbamates (subject to hydrolysis) is 1. The van der Waals surface area contributed by atoms with Gasteiger partial charge < -0.3 is 19.8 Å². The topological polar surface area (TPSA) is 155 Å². The molecule has 12 nitrogen and oxygen atoms in total. The fraction of sp³-hybridized carbons (Fsp3) is 0.517. The molecule has 1 aliphatic rings. The van der Waals surface area contributed by atoms with E-state index >= 15 is 0 Å². The Morgan fingerprint density at radius 1 is 1.09 bits per heavy atom. The summed E-state index contributed by atoms with van der Waals surface area (Å²) in [6.07, 6.45) is 2.34. The van der Waals surface area contributed by atoms with Crippen LogP contribution in [-0.2, 0) is 19.2 Å². The molecule has 1 saturated carbocycles. The van der Waals surface area contributed by atoms with Crippen molar-refractivity contribution in [3.8, 4) is 0 Å². The van der Waals surface area contributed by atoms with Gasteiger partial charge in [-0.3, -0.25) is 10.1 Å². The number of amides is 1. The molecule has 1 aliphatic carbocycles. The Balaban J connectivity index is 1.70. The van der Waals surface area contributed by atoms with Crippen molar-refractivity contribution in [3.05, 3.63) is 58.9 Å². The van der Waals surface area contributed by atoms with Gasteiger partial charge in [0.15, 0.2) is 14.0 Å². The quantitative estimate of drug-likeness (QED) is 0.172. The van der Waals surface area contributed by atoms with Crippen LogP contribution >= 0.6 is 0 Å². The Kier molecular flexibility index (Phi) is 8.70. The van der Waals surface area contributed by atoms with E-state index in [1.165, 1.54) is 24.4 Å². The minimum Gasteiger partial charge on any atom is -0.444 e. The van der Waals surface area contributed by atoms with Gasteiger partial charge in [-0.25, -0.2) is 22.2 Å². The summed E-state index contributed by atoms with van der Waals surface area (Å²) in [5, 5.41) is 18.5. The van der Waals surface area contributed by atoms with E-state index in [0.29, 0.717) is 18.2 Å². The van der Waals surface area contributed by atoms with E-state index in [4.69, 9.17) is 9.16 Å². The van der Waals surface area contributed by atoms with Crippen molar-refractivity contribution in [2.45, 2.75) is 101 Å². The molecule has 2 heterocycles. The summed E-state index contributed by atoms with van der Waals surface area (Å²) >= 11 is 0. The molecule has 3 atom stereocenters. The van der Waals surface area contributed by atoms with Crippen molar-refractivity contribution < 1.29 is 27.3 Å². The van der Waals surface area contributed by atoms with Crippen LogP contribution in [0.3, 0.4) is 0 Å². The minimum absolute atomic E-state index is 0.0625. The normalized spacial score (nSPS) is 19.8. The Hall–Kier alpha value is -3.49. The molecule has 1 fully saturated rings. The molecule has 3 aromatic rings. The summed E-state index contributed by atoms with van der Waals surface area (Å²) in [5.74, 6) is 0. The van der Waals surface area contributed by atoms with Gasteiger partial charge in [-0.2, -0.15) is 0 Å². The number of pyridine rings is 1. The number of hydrogen-bond donors (Lipinski definition) is 2. The maximum atomic E-state index is 13.4. The predicted molar refractivity (Wildman–Crippen MR) is 167 cm³/mol. The number of carbonyl (C=O) groups is 1. The lowest BCUT2D eigenvalue weighted by Gasteiger charge is -2.40. The number of anilines is 1. The fourth-order valence-corrected chi connectivity index (χ4v) is 7.55. The van der Waals surface area contributed by atoms with Crippen molar-refractivity contribution in [2.75, 3.05) is 5.32 Å². The maximum absolute atomic E-state index is 13.4. The SMILES string of the molecule is CC(C)(C)OC(=O)N[C@H]1C[C@H](Nc2c([N+](=O)[O-])cnc3c2ccn3S(=O)(=O)c2ccccc2)C[C@H]1O[Si](C)(C)C(C)(C)C. The molecule has 0 spiro atoms. The highest BCUT2D eigenvalue weighted by molar-refractivity contribution is 7.90. The van der Waals surface area contributed by atoms with Crippen LogP contribution in [0, 0.1) is 10.1 Å². The maximum Gasteiger partial charge on any atom is 0.407 e. The van der Waals surface area contributed by atoms with Crippen LogP contribution in [-0.4, -0.2) is 60.5 Å². The van der Waals surface area contributed by atoms with Crippen LogP contribution < -0.4 is 10.6 Å². The number of nitrogens with zero attached hydrogens (tertiary/aromatic N) is 3. The number of aromatic nitrogens is 2. The van der Waals surface area contributed by atoms with Gasteiger partial charge in [0.1, 0.15) is 17.5 Å². The molecule has 2 aromatic heterocycles. The summed E-state index contributed by atoms with van der Waals surface area (Å²) in [7, 11) is -6.26. The fourth-order valence-electron chi connectivity index (χ4n) is 4.86. The first-order valence-corrected chi connectivity index (χ1v) is 18.5. The third-order valence-electron chi connectivity index (χ3n) is 7.96. The van der Waals surface area contributed by atoms with Crippen LogP contribution in [0.25, 0.3) is 11.0 Å². The Bertz CT molecular complexity index is 1610. The zero-order chi connectivity index (χ0) is 32.0. The van der Waals surface area contributed by atoms with Crippen molar-refractivity contribution in [3.63, 3.8) is 0 Å². The summed E-state index contributed by atoms with van der Waals surface area (Å²) in [5.41, 5.74) is -0.752. The van der Waals surface area contributed by atoms with Gasteiger partial charge >= 0.3 is 11.8 Å². The van der Waals surface area contributed by atoms with Crippen LogP contribution in [0.15, 0.2) is 53.7 Å². The molecule has 0 radical (unpaired) electrons. The molecule has 0 bridgehead atoms. The van der Waals surface area contributed by atoms with Crippen LogP contribution in [0.5, 0.6) is 0 Å². The molecule has 14 heteroatoms. The first-order valence-electron chi connectivity index (χ1n) is 14.2. The third kappa shape index (κ3) is 7.02. The smallest absolute Gasteiger partial charge is 0.407 e. The summed E-state index contributed by atoms with van der Waals surface area (Å²) < 4.78 is 40.0. The molecule has 4 rings (SSSR count). The predicted octanol–water partition coefficient (Wildman–Crippen LogP) is 6.04. The Morgan fingerprint density at radius 3 is 2.33 bits per heavy atom. The zero-order valence-electron chi connectivity index (χ0n) is 25.9. The Labute approximate surface area is 253 Å². The van der Waals surface area contributed by atoms with E-state index in [1.54, 1.807) is 39.0 Å². The van der Waals surface area contributed by atoms with Gasteiger partial charge in [0.2, 0.25) is 0 Å². The summed E-state index contributed by atoms with van der Waals surface area (Å²) in [6, 6.07) is 8.66. The first-order chi connectivity index (χ1) is 19.8. The summed E-state index contributed by atoms with van der Waals surface area (Å²) in [4.78, 5) is 28.5. The number of benzene rings is 1. The number of hydrogen-bond acceptors (Lipinski definition) is 9. The number of carbonyl (C=O) groups excluding carboxylic acids is 1. The second kappa shape index (κ2) is 11.5. The number of ether oxygens (including phenoxy) is 1. The average molecular weight is 632 g/mol. The molecule has 2 N–H and O–H groups in total. The van der Waals surface area contributed by atoms with E-state index in [2.05, 4.69) is 49.5 Å². The number of fused-ring (bicyclic) bond motifs is 1. The van der Waals surface area contributed by atoms with E-state index < -0.39 is 41.0 Å². The van der Waals surface area contributed by atoms with Crippen molar-refractivity contribution in [1.82, 2.24) is 14.3 Å². The second-order valence-corrected chi connectivity index (χ2v) is 20.0.